The van der Waals surface area contributed by atoms with Gasteiger partial charge in [0.1, 0.15) is 12.4 Å². The van der Waals surface area contributed by atoms with Crippen LogP contribution in [-0.4, -0.2) is 0 Å². The topological polar surface area (TPSA) is 9.23 Å². The molecule has 1 aliphatic rings. The maximum atomic E-state index is 12.4. The fourth-order valence-corrected chi connectivity index (χ4v) is 2.21. The van der Waals surface area contributed by atoms with Gasteiger partial charge in [0.2, 0.25) is 0 Å². The van der Waals surface area contributed by atoms with Crippen LogP contribution in [0.25, 0.3) is 0 Å². The molecule has 0 bridgehead atoms. The first-order valence-electron chi connectivity index (χ1n) is 6.91. The highest BCUT2D eigenvalue weighted by atomic mass is 19.4. The predicted octanol–water partition coefficient (Wildman–Crippen LogP) is 5.16. The summed E-state index contributed by atoms with van der Waals surface area (Å²) in [6, 6.07) is 13.0. The maximum Gasteiger partial charge on any atom is 0.416 e. The van der Waals surface area contributed by atoms with E-state index in [0.717, 1.165) is 17.9 Å². The standard InChI is InChI=1S/C17H15F3O/c18-17(19,20)15-7-1-12(2-8-15)11-21-16-9-5-14(6-10-16)13-3-4-13/h1-2,5-10,13H,3-4,11H2. The SMILES string of the molecule is FC(F)(F)c1ccc(COc2ccc(C3CC3)cc2)cc1. The highest BCUT2D eigenvalue weighted by Crippen LogP contribution is 2.40. The lowest BCUT2D eigenvalue weighted by Gasteiger charge is -2.09. The third-order valence-electron chi connectivity index (χ3n) is 3.62. The van der Waals surface area contributed by atoms with Gasteiger partial charge < -0.3 is 4.74 Å². The molecule has 21 heavy (non-hydrogen) atoms. The maximum absolute atomic E-state index is 12.4. The molecule has 0 aliphatic heterocycles. The summed E-state index contributed by atoms with van der Waals surface area (Å²) >= 11 is 0. The zero-order valence-electron chi connectivity index (χ0n) is 11.4. The molecule has 110 valence electrons. The van der Waals surface area contributed by atoms with Crippen molar-refractivity contribution in [3.8, 4) is 5.75 Å². The first-order valence-corrected chi connectivity index (χ1v) is 6.91. The fourth-order valence-electron chi connectivity index (χ4n) is 2.21. The Morgan fingerprint density at radius 3 is 2.05 bits per heavy atom. The molecule has 2 aromatic rings. The van der Waals surface area contributed by atoms with Crippen molar-refractivity contribution < 1.29 is 17.9 Å². The summed E-state index contributed by atoms with van der Waals surface area (Å²) in [6.45, 7) is 0.265. The van der Waals surface area contributed by atoms with Gasteiger partial charge in [-0.05, 0) is 54.2 Å². The van der Waals surface area contributed by atoms with Gasteiger partial charge in [0.15, 0.2) is 0 Å². The number of benzene rings is 2. The van der Waals surface area contributed by atoms with E-state index in [2.05, 4.69) is 12.1 Å². The fraction of sp³-hybridized carbons (Fsp3) is 0.294. The molecule has 4 heteroatoms. The average Bonchev–Trinajstić information content (AvgIpc) is 3.30. The summed E-state index contributed by atoms with van der Waals surface area (Å²) in [5.41, 5.74) is 1.41. The molecule has 0 radical (unpaired) electrons. The van der Waals surface area contributed by atoms with Crippen LogP contribution in [0.2, 0.25) is 0 Å². The number of alkyl halides is 3. The van der Waals surface area contributed by atoms with Crippen molar-refractivity contribution in [3.05, 3.63) is 65.2 Å². The molecule has 0 amide bonds. The van der Waals surface area contributed by atoms with Crippen LogP contribution in [0.15, 0.2) is 48.5 Å². The molecular weight excluding hydrogens is 277 g/mol. The van der Waals surface area contributed by atoms with Crippen LogP contribution in [0, 0.1) is 0 Å². The molecule has 0 N–H and O–H groups in total. The van der Waals surface area contributed by atoms with Gasteiger partial charge >= 0.3 is 6.18 Å². The second-order valence-corrected chi connectivity index (χ2v) is 5.33. The summed E-state index contributed by atoms with van der Waals surface area (Å²) in [5.74, 6) is 1.44. The zero-order valence-corrected chi connectivity index (χ0v) is 11.4. The number of ether oxygens (including phenoxy) is 1. The summed E-state index contributed by atoms with van der Waals surface area (Å²) in [4.78, 5) is 0. The minimum absolute atomic E-state index is 0.265. The second-order valence-electron chi connectivity index (χ2n) is 5.33. The van der Waals surface area contributed by atoms with Crippen LogP contribution < -0.4 is 4.74 Å². The molecular formula is C17H15F3O. The van der Waals surface area contributed by atoms with Gasteiger partial charge in [-0.1, -0.05) is 24.3 Å². The van der Waals surface area contributed by atoms with E-state index >= 15 is 0 Å². The number of rotatable bonds is 4. The minimum atomic E-state index is -4.29. The van der Waals surface area contributed by atoms with Crippen molar-refractivity contribution in [2.45, 2.75) is 31.5 Å². The Hall–Kier alpha value is -1.97. The van der Waals surface area contributed by atoms with E-state index in [1.807, 2.05) is 12.1 Å². The molecule has 1 nitrogen and oxygen atoms in total. The van der Waals surface area contributed by atoms with E-state index in [9.17, 15) is 13.2 Å². The first kappa shape index (κ1) is 14.0. The van der Waals surface area contributed by atoms with E-state index in [1.165, 1.54) is 30.5 Å². The Morgan fingerprint density at radius 1 is 0.905 bits per heavy atom. The molecule has 0 aromatic heterocycles. The van der Waals surface area contributed by atoms with E-state index in [1.54, 1.807) is 0 Å². The predicted molar refractivity (Wildman–Crippen MR) is 74.2 cm³/mol. The van der Waals surface area contributed by atoms with Crippen LogP contribution in [0.3, 0.4) is 0 Å². The number of hydrogen-bond acceptors (Lipinski definition) is 1. The molecule has 0 heterocycles. The van der Waals surface area contributed by atoms with Gasteiger partial charge in [-0.2, -0.15) is 13.2 Å². The van der Waals surface area contributed by atoms with Crippen LogP contribution >= 0.6 is 0 Å². The van der Waals surface area contributed by atoms with Gasteiger partial charge in [0, 0.05) is 0 Å². The highest BCUT2D eigenvalue weighted by Gasteiger charge is 2.29. The molecule has 2 aromatic carbocycles. The van der Waals surface area contributed by atoms with Crippen LogP contribution in [-0.2, 0) is 12.8 Å². The Morgan fingerprint density at radius 2 is 1.52 bits per heavy atom. The molecule has 1 fully saturated rings. The third kappa shape index (κ3) is 3.57. The van der Waals surface area contributed by atoms with Gasteiger partial charge in [-0.15, -0.1) is 0 Å². The third-order valence-corrected chi connectivity index (χ3v) is 3.62. The molecule has 1 saturated carbocycles. The monoisotopic (exact) mass is 292 g/mol. The Labute approximate surface area is 121 Å². The lowest BCUT2D eigenvalue weighted by molar-refractivity contribution is -0.137. The summed E-state index contributed by atoms with van der Waals surface area (Å²) in [7, 11) is 0. The van der Waals surface area contributed by atoms with Crippen LogP contribution in [0.1, 0.15) is 35.4 Å². The van der Waals surface area contributed by atoms with E-state index in [-0.39, 0.29) is 6.61 Å². The Balaban J connectivity index is 1.59. The van der Waals surface area contributed by atoms with Crippen molar-refractivity contribution in [2.24, 2.45) is 0 Å². The molecule has 3 rings (SSSR count). The van der Waals surface area contributed by atoms with Crippen molar-refractivity contribution in [1.29, 1.82) is 0 Å². The van der Waals surface area contributed by atoms with Crippen LogP contribution in [0.5, 0.6) is 5.75 Å². The van der Waals surface area contributed by atoms with E-state index in [0.29, 0.717) is 11.5 Å². The quantitative estimate of drug-likeness (QED) is 0.756. The van der Waals surface area contributed by atoms with Gasteiger partial charge in [-0.3, -0.25) is 0 Å². The molecule has 0 unspecified atom stereocenters. The minimum Gasteiger partial charge on any atom is -0.489 e. The average molecular weight is 292 g/mol. The van der Waals surface area contributed by atoms with Crippen molar-refractivity contribution in [1.82, 2.24) is 0 Å². The van der Waals surface area contributed by atoms with Crippen molar-refractivity contribution >= 4 is 0 Å². The van der Waals surface area contributed by atoms with E-state index in [4.69, 9.17) is 4.74 Å². The second kappa shape index (κ2) is 5.43. The number of halogens is 3. The smallest absolute Gasteiger partial charge is 0.416 e. The van der Waals surface area contributed by atoms with Gasteiger partial charge in [0.25, 0.3) is 0 Å². The van der Waals surface area contributed by atoms with Gasteiger partial charge in [0.05, 0.1) is 5.56 Å². The zero-order chi connectivity index (χ0) is 14.9. The summed E-state index contributed by atoms with van der Waals surface area (Å²) in [5, 5.41) is 0. The summed E-state index contributed by atoms with van der Waals surface area (Å²) in [6.07, 6.45) is -1.78. The lowest BCUT2D eigenvalue weighted by Crippen LogP contribution is -2.05. The first-order chi connectivity index (χ1) is 10.0. The number of hydrogen-bond donors (Lipinski definition) is 0. The Kier molecular flexibility index (Phi) is 3.62. The molecule has 0 spiro atoms. The molecule has 0 atom stereocenters. The highest BCUT2D eigenvalue weighted by molar-refractivity contribution is 5.32. The normalized spacial score (nSPS) is 15.0. The largest absolute Gasteiger partial charge is 0.489 e. The van der Waals surface area contributed by atoms with Gasteiger partial charge in [-0.25, -0.2) is 0 Å². The lowest BCUT2D eigenvalue weighted by atomic mass is 10.1. The van der Waals surface area contributed by atoms with Crippen LogP contribution in [0.4, 0.5) is 13.2 Å². The van der Waals surface area contributed by atoms with Crippen molar-refractivity contribution in [3.63, 3.8) is 0 Å². The molecule has 1 aliphatic carbocycles. The van der Waals surface area contributed by atoms with Crippen molar-refractivity contribution in [2.75, 3.05) is 0 Å². The summed E-state index contributed by atoms with van der Waals surface area (Å²) < 4.78 is 42.9. The molecule has 0 saturated heterocycles. The van der Waals surface area contributed by atoms with E-state index < -0.39 is 11.7 Å². The Bertz CT molecular complexity index is 595.